The molecule has 1 saturated carbocycles. The molecule has 0 spiro atoms. The molecule has 2 fully saturated rings. The Morgan fingerprint density at radius 2 is 2.06 bits per heavy atom. The number of hydrogen-bond donors (Lipinski definition) is 3. The Kier molecular flexibility index (Phi) is 7.13. The van der Waals surface area contributed by atoms with Crippen LogP contribution in [0.4, 0.5) is 0 Å². The standard InChI is InChI=1S/C27H35N3O3/c1-16-21(13-22(17(2)31)27(28)33)23(20-6-4-12-29-15-20)14-24(30-16)26-19(5-3-7-25(26)32)11-10-18-8-9-18/h3,5,7,14,18,20,22,29,32H,4,6,8-13,15H2,1-2H3,(H2,28,33). The third-order valence-corrected chi connectivity index (χ3v) is 7.25. The van der Waals surface area contributed by atoms with Gasteiger partial charge in [-0.25, -0.2) is 0 Å². The summed E-state index contributed by atoms with van der Waals surface area (Å²) in [5.74, 6) is -0.363. The van der Waals surface area contributed by atoms with Crippen LogP contribution in [0.1, 0.15) is 67.3 Å². The molecule has 1 aliphatic carbocycles. The minimum Gasteiger partial charge on any atom is -0.507 e. The summed E-state index contributed by atoms with van der Waals surface area (Å²) in [5, 5.41) is 14.3. The van der Waals surface area contributed by atoms with E-state index in [-0.39, 0.29) is 23.9 Å². The largest absolute Gasteiger partial charge is 0.507 e. The molecule has 1 aromatic carbocycles. The van der Waals surface area contributed by atoms with Crippen LogP contribution in [0, 0.1) is 18.8 Å². The first-order valence-electron chi connectivity index (χ1n) is 12.2. The van der Waals surface area contributed by atoms with E-state index in [1.807, 2.05) is 13.0 Å². The molecule has 2 aromatic rings. The number of pyridine rings is 1. The fraction of sp³-hybridized carbons (Fsp3) is 0.519. The van der Waals surface area contributed by atoms with Crippen molar-refractivity contribution in [2.75, 3.05) is 13.1 Å². The lowest BCUT2D eigenvalue weighted by atomic mass is 9.82. The molecule has 4 N–H and O–H groups in total. The highest BCUT2D eigenvalue weighted by molar-refractivity contribution is 5.99. The van der Waals surface area contributed by atoms with Crippen LogP contribution in [0.2, 0.25) is 0 Å². The van der Waals surface area contributed by atoms with Crippen molar-refractivity contribution < 1.29 is 14.7 Å². The molecule has 0 bridgehead atoms. The fourth-order valence-electron chi connectivity index (χ4n) is 5.10. The zero-order valence-corrected chi connectivity index (χ0v) is 19.7. The number of carbonyl (C=O) groups excluding carboxylic acids is 2. The van der Waals surface area contributed by atoms with E-state index in [4.69, 9.17) is 10.7 Å². The molecular formula is C27H35N3O3. The van der Waals surface area contributed by atoms with E-state index in [0.29, 0.717) is 0 Å². The predicted molar refractivity (Wildman–Crippen MR) is 129 cm³/mol. The number of nitrogens with one attached hydrogen (secondary N) is 1. The highest BCUT2D eigenvalue weighted by Crippen LogP contribution is 2.39. The van der Waals surface area contributed by atoms with E-state index in [2.05, 4.69) is 17.4 Å². The maximum absolute atomic E-state index is 12.1. The van der Waals surface area contributed by atoms with Gasteiger partial charge < -0.3 is 16.2 Å². The lowest BCUT2D eigenvalue weighted by molar-refractivity contribution is -0.130. The number of nitrogens with two attached hydrogens (primary N) is 1. The summed E-state index contributed by atoms with van der Waals surface area (Å²) in [6.07, 6.45) is 7.02. The summed E-state index contributed by atoms with van der Waals surface area (Å²) in [6, 6.07) is 7.79. The van der Waals surface area contributed by atoms with Crippen molar-refractivity contribution in [2.45, 2.75) is 64.7 Å². The number of phenols is 1. The number of nitrogens with zero attached hydrogens (tertiary/aromatic N) is 1. The van der Waals surface area contributed by atoms with Crippen LogP contribution in [-0.4, -0.2) is 34.9 Å². The van der Waals surface area contributed by atoms with Gasteiger partial charge in [-0.05, 0) is 93.2 Å². The second-order valence-corrected chi connectivity index (χ2v) is 9.77. The molecule has 2 unspecified atom stereocenters. The second kappa shape index (κ2) is 10.0. The Labute approximate surface area is 196 Å². The van der Waals surface area contributed by atoms with Gasteiger partial charge >= 0.3 is 0 Å². The van der Waals surface area contributed by atoms with Gasteiger partial charge in [0.05, 0.1) is 5.69 Å². The van der Waals surface area contributed by atoms with E-state index in [9.17, 15) is 14.7 Å². The third-order valence-electron chi connectivity index (χ3n) is 7.25. The van der Waals surface area contributed by atoms with Gasteiger partial charge in [0, 0.05) is 17.8 Å². The number of phenolic OH excluding ortho intramolecular Hbond substituents is 1. The van der Waals surface area contributed by atoms with Crippen LogP contribution in [-0.2, 0) is 22.4 Å². The maximum Gasteiger partial charge on any atom is 0.228 e. The SMILES string of the molecule is CC(=O)C(Cc1c(C2CCCNC2)cc(-c2c(O)cccc2CCC2CC2)nc1C)C(N)=O. The number of ketones is 1. The van der Waals surface area contributed by atoms with Crippen LogP contribution in [0.25, 0.3) is 11.3 Å². The number of aryl methyl sites for hydroxylation is 2. The average Bonchev–Trinajstić information content (AvgIpc) is 3.61. The smallest absolute Gasteiger partial charge is 0.228 e. The summed E-state index contributed by atoms with van der Waals surface area (Å²) < 4.78 is 0. The molecule has 33 heavy (non-hydrogen) atoms. The Morgan fingerprint density at radius 1 is 1.27 bits per heavy atom. The highest BCUT2D eigenvalue weighted by atomic mass is 16.3. The van der Waals surface area contributed by atoms with Crippen LogP contribution in [0.15, 0.2) is 24.3 Å². The number of amides is 1. The molecule has 4 rings (SSSR count). The Balaban J connectivity index is 1.79. The molecule has 2 heterocycles. The maximum atomic E-state index is 12.1. The van der Waals surface area contributed by atoms with Crippen molar-refractivity contribution >= 4 is 11.7 Å². The van der Waals surface area contributed by atoms with Crippen LogP contribution < -0.4 is 11.1 Å². The van der Waals surface area contributed by atoms with Gasteiger partial charge in [-0.2, -0.15) is 0 Å². The number of aromatic hydroxyl groups is 1. The zero-order valence-electron chi connectivity index (χ0n) is 19.7. The van der Waals surface area contributed by atoms with E-state index in [0.717, 1.165) is 78.3 Å². The lowest BCUT2D eigenvalue weighted by Crippen LogP contribution is -2.33. The van der Waals surface area contributed by atoms with Crippen molar-refractivity contribution in [1.29, 1.82) is 0 Å². The van der Waals surface area contributed by atoms with Gasteiger partial charge in [-0.3, -0.25) is 14.6 Å². The van der Waals surface area contributed by atoms with Crippen LogP contribution >= 0.6 is 0 Å². The minimum atomic E-state index is -0.856. The molecule has 6 heteroatoms. The topological polar surface area (TPSA) is 105 Å². The van der Waals surface area contributed by atoms with Gasteiger partial charge in [0.1, 0.15) is 17.5 Å². The van der Waals surface area contributed by atoms with E-state index in [1.165, 1.54) is 19.8 Å². The lowest BCUT2D eigenvalue weighted by Gasteiger charge is -2.27. The average molecular weight is 450 g/mol. The number of primary amides is 1. The van der Waals surface area contributed by atoms with Gasteiger partial charge in [0.2, 0.25) is 5.91 Å². The van der Waals surface area contributed by atoms with Crippen molar-refractivity contribution in [2.24, 2.45) is 17.6 Å². The van der Waals surface area contributed by atoms with E-state index < -0.39 is 11.8 Å². The molecule has 1 aromatic heterocycles. The quantitative estimate of drug-likeness (QED) is 0.505. The number of rotatable bonds is 9. The fourth-order valence-corrected chi connectivity index (χ4v) is 5.10. The molecular weight excluding hydrogens is 414 g/mol. The predicted octanol–water partition coefficient (Wildman–Crippen LogP) is 3.81. The van der Waals surface area contributed by atoms with Crippen LogP contribution in [0.5, 0.6) is 5.75 Å². The van der Waals surface area contributed by atoms with Crippen molar-refractivity contribution in [1.82, 2.24) is 10.3 Å². The molecule has 176 valence electrons. The molecule has 0 radical (unpaired) electrons. The summed E-state index contributed by atoms with van der Waals surface area (Å²) >= 11 is 0. The normalized spacial score (nSPS) is 19.3. The summed E-state index contributed by atoms with van der Waals surface area (Å²) in [5.41, 5.74) is 11.1. The second-order valence-electron chi connectivity index (χ2n) is 9.77. The monoisotopic (exact) mass is 449 g/mol. The molecule has 2 atom stereocenters. The number of aromatic nitrogens is 1. The van der Waals surface area contributed by atoms with E-state index in [1.54, 1.807) is 6.07 Å². The Bertz CT molecular complexity index is 1030. The summed E-state index contributed by atoms with van der Waals surface area (Å²) in [7, 11) is 0. The molecule has 1 amide bonds. The van der Waals surface area contributed by atoms with Gasteiger partial charge in [0.25, 0.3) is 0 Å². The summed E-state index contributed by atoms with van der Waals surface area (Å²) in [4.78, 5) is 29.0. The third kappa shape index (κ3) is 5.44. The van der Waals surface area contributed by atoms with Crippen molar-refractivity contribution in [3.05, 3.63) is 46.6 Å². The zero-order chi connectivity index (χ0) is 23.5. The molecule has 1 saturated heterocycles. The highest BCUT2D eigenvalue weighted by Gasteiger charge is 2.28. The molecule has 1 aliphatic heterocycles. The van der Waals surface area contributed by atoms with Crippen molar-refractivity contribution in [3.63, 3.8) is 0 Å². The first-order valence-corrected chi connectivity index (χ1v) is 12.2. The number of carbonyl (C=O) groups is 2. The number of benzene rings is 1. The summed E-state index contributed by atoms with van der Waals surface area (Å²) in [6.45, 7) is 5.18. The van der Waals surface area contributed by atoms with Crippen LogP contribution in [0.3, 0.4) is 0 Å². The first-order chi connectivity index (χ1) is 15.8. The van der Waals surface area contributed by atoms with Crippen molar-refractivity contribution in [3.8, 4) is 17.0 Å². The molecule has 6 nitrogen and oxygen atoms in total. The molecule has 2 aliphatic rings. The Morgan fingerprint density at radius 3 is 2.70 bits per heavy atom. The van der Waals surface area contributed by atoms with E-state index >= 15 is 0 Å². The first kappa shape index (κ1) is 23.4. The van der Waals surface area contributed by atoms with Gasteiger partial charge in [-0.1, -0.05) is 25.0 Å². The van der Waals surface area contributed by atoms with Gasteiger partial charge in [-0.15, -0.1) is 0 Å². The Hall–Kier alpha value is -2.73. The minimum absolute atomic E-state index is 0.221. The number of piperidine rings is 1. The number of Topliss-reactive ketones (excluding diaryl/α,β-unsaturated/α-hetero) is 1. The number of hydrogen-bond acceptors (Lipinski definition) is 5. The van der Waals surface area contributed by atoms with Gasteiger partial charge in [0.15, 0.2) is 0 Å².